The standard InChI is InChI=1S/C24H19FO4/c1-15-11-19(28-14-17-5-3-4-6-20(17)25)13-21-23(15)24(26)22(29-21)12-16-7-9-18(27-2)10-8-16/h3-13H,14H2,1-2H3/b22-12-. The van der Waals surface area contributed by atoms with Crippen molar-refractivity contribution in [3.63, 3.8) is 0 Å². The number of Topliss-reactive ketones (excluding diaryl/α,β-unsaturated/α-hetero) is 1. The maximum atomic E-state index is 13.8. The first-order chi connectivity index (χ1) is 14.0. The normalized spacial score (nSPS) is 13.9. The second-order valence-corrected chi connectivity index (χ2v) is 6.71. The molecule has 0 spiro atoms. The second kappa shape index (κ2) is 7.80. The van der Waals surface area contributed by atoms with Crippen molar-refractivity contribution in [2.45, 2.75) is 13.5 Å². The zero-order chi connectivity index (χ0) is 20.4. The topological polar surface area (TPSA) is 44.8 Å². The van der Waals surface area contributed by atoms with E-state index < -0.39 is 0 Å². The lowest BCUT2D eigenvalue weighted by Crippen LogP contribution is -2.00. The van der Waals surface area contributed by atoms with Gasteiger partial charge >= 0.3 is 0 Å². The summed E-state index contributed by atoms with van der Waals surface area (Å²) in [6.45, 7) is 1.92. The molecule has 0 amide bonds. The SMILES string of the molecule is COc1ccc(/C=C2\Oc3cc(OCc4ccccc4F)cc(C)c3C2=O)cc1. The Kier molecular flexibility index (Phi) is 5.04. The average molecular weight is 390 g/mol. The van der Waals surface area contributed by atoms with Crippen molar-refractivity contribution in [1.29, 1.82) is 0 Å². The summed E-state index contributed by atoms with van der Waals surface area (Å²) in [6, 6.07) is 17.2. The first-order valence-electron chi connectivity index (χ1n) is 9.14. The highest BCUT2D eigenvalue weighted by Crippen LogP contribution is 2.37. The van der Waals surface area contributed by atoms with Gasteiger partial charge in [0.05, 0.1) is 12.7 Å². The van der Waals surface area contributed by atoms with Crippen LogP contribution in [0.15, 0.2) is 66.4 Å². The summed E-state index contributed by atoms with van der Waals surface area (Å²) in [4.78, 5) is 12.8. The lowest BCUT2D eigenvalue weighted by Gasteiger charge is -2.09. The molecule has 0 saturated heterocycles. The van der Waals surface area contributed by atoms with Gasteiger partial charge in [0.25, 0.3) is 0 Å². The molecule has 0 aliphatic carbocycles. The molecule has 0 bridgehead atoms. The largest absolute Gasteiger partial charge is 0.497 e. The minimum Gasteiger partial charge on any atom is -0.497 e. The van der Waals surface area contributed by atoms with Gasteiger partial charge in [-0.15, -0.1) is 0 Å². The van der Waals surface area contributed by atoms with Gasteiger partial charge in [-0.25, -0.2) is 4.39 Å². The highest BCUT2D eigenvalue weighted by atomic mass is 19.1. The monoisotopic (exact) mass is 390 g/mol. The van der Waals surface area contributed by atoms with Gasteiger partial charge < -0.3 is 14.2 Å². The van der Waals surface area contributed by atoms with E-state index in [1.807, 2.05) is 31.2 Å². The van der Waals surface area contributed by atoms with Crippen LogP contribution in [0.1, 0.15) is 27.0 Å². The van der Waals surface area contributed by atoms with Crippen LogP contribution in [0.3, 0.4) is 0 Å². The van der Waals surface area contributed by atoms with Crippen molar-refractivity contribution in [3.05, 3.63) is 94.5 Å². The first kappa shape index (κ1) is 18.7. The summed E-state index contributed by atoms with van der Waals surface area (Å²) in [6.07, 6.45) is 1.70. The molecule has 0 radical (unpaired) electrons. The van der Waals surface area contributed by atoms with Gasteiger partial charge in [-0.2, -0.15) is 0 Å². The van der Waals surface area contributed by atoms with Gasteiger partial charge in [0.2, 0.25) is 5.78 Å². The van der Waals surface area contributed by atoms with Crippen molar-refractivity contribution in [3.8, 4) is 17.2 Å². The Morgan fingerprint density at radius 2 is 1.79 bits per heavy atom. The van der Waals surface area contributed by atoms with Gasteiger partial charge in [-0.1, -0.05) is 30.3 Å². The average Bonchev–Trinajstić information content (AvgIpc) is 3.03. The number of methoxy groups -OCH3 is 1. The third-order valence-electron chi connectivity index (χ3n) is 4.71. The minimum atomic E-state index is -0.318. The van der Waals surface area contributed by atoms with Crippen LogP contribution in [0, 0.1) is 12.7 Å². The fraction of sp³-hybridized carbons (Fsp3) is 0.125. The molecule has 5 heteroatoms. The predicted molar refractivity (Wildman–Crippen MR) is 108 cm³/mol. The number of allylic oxidation sites excluding steroid dienone is 1. The molecule has 0 N–H and O–H groups in total. The van der Waals surface area contributed by atoms with Crippen molar-refractivity contribution >= 4 is 11.9 Å². The van der Waals surface area contributed by atoms with Crippen molar-refractivity contribution in [2.24, 2.45) is 0 Å². The number of ether oxygens (including phenoxy) is 3. The molecule has 0 atom stereocenters. The molecule has 0 unspecified atom stereocenters. The molecule has 1 aliphatic rings. The molecule has 3 aromatic carbocycles. The quantitative estimate of drug-likeness (QED) is 0.552. The number of fused-ring (bicyclic) bond motifs is 1. The summed E-state index contributed by atoms with van der Waals surface area (Å²) in [5.74, 6) is 1.46. The fourth-order valence-corrected chi connectivity index (χ4v) is 3.19. The van der Waals surface area contributed by atoms with Crippen LogP contribution in [0.4, 0.5) is 4.39 Å². The summed E-state index contributed by atoms with van der Waals surface area (Å²) in [5, 5.41) is 0. The molecule has 0 saturated carbocycles. The zero-order valence-electron chi connectivity index (χ0n) is 16.1. The van der Waals surface area contributed by atoms with E-state index in [-0.39, 0.29) is 24.0 Å². The smallest absolute Gasteiger partial charge is 0.232 e. The van der Waals surface area contributed by atoms with E-state index >= 15 is 0 Å². The molecule has 29 heavy (non-hydrogen) atoms. The highest BCUT2D eigenvalue weighted by Gasteiger charge is 2.30. The maximum absolute atomic E-state index is 13.8. The van der Waals surface area contributed by atoms with Crippen LogP contribution in [0.25, 0.3) is 6.08 Å². The summed E-state index contributed by atoms with van der Waals surface area (Å²) < 4.78 is 30.5. The Balaban J connectivity index is 1.56. The molecule has 4 nitrogen and oxygen atoms in total. The van der Waals surface area contributed by atoms with E-state index in [1.165, 1.54) is 6.07 Å². The van der Waals surface area contributed by atoms with Crippen LogP contribution in [-0.2, 0) is 6.61 Å². The van der Waals surface area contributed by atoms with Crippen LogP contribution in [0.2, 0.25) is 0 Å². The lowest BCUT2D eigenvalue weighted by atomic mass is 10.0. The Labute approximate surface area is 168 Å². The van der Waals surface area contributed by atoms with Gasteiger partial charge in [0, 0.05) is 11.6 Å². The Hall–Kier alpha value is -3.60. The molecular formula is C24H19FO4. The molecule has 1 aliphatic heterocycles. The zero-order valence-corrected chi connectivity index (χ0v) is 16.1. The van der Waals surface area contributed by atoms with Crippen molar-refractivity contribution in [2.75, 3.05) is 7.11 Å². The lowest BCUT2D eigenvalue weighted by molar-refractivity contribution is 0.101. The molecule has 4 rings (SSSR count). The summed E-state index contributed by atoms with van der Waals surface area (Å²) in [7, 11) is 1.60. The minimum absolute atomic E-state index is 0.0907. The maximum Gasteiger partial charge on any atom is 0.232 e. The number of benzene rings is 3. The summed E-state index contributed by atoms with van der Waals surface area (Å²) >= 11 is 0. The molecule has 0 aromatic heterocycles. The Morgan fingerprint density at radius 3 is 2.52 bits per heavy atom. The number of halogens is 1. The van der Waals surface area contributed by atoms with E-state index in [0.29, 0.717) is 22.6 Å². The number of hydrogen-bond acceptors (Lipinski definition) is 4. The number of rotatable bonds is 5. The van der Waals surface area contributed by atoms with Crippen molar-refractivity contribution in [1.82, 2.24) is 0 Å². The Morgan fingerprint density at radius 1 is 1.03 bits per heavy atom. The molecule has 3 aromatic rings. The number of carbonyl (C=O) groups excluding carboxylic acids is 1. The highest BCUT2D eigenvalue weighted by molar-refractivity contribution is 6.15. The van der Waals surface area contributed by atoms with Gasteiger partial charge in [0.1, 0.15) is 29.7 Å². The molecule has 146 valence electrons. The fourth-order valence-electron chi connectivity index (χ4n) is 3.19. The predicted octanol–water partition coefficient (Wildman–Crippen LogP) is 5.34. The number of carbonyl (C=O) groups is 1. The first-order valence-corrected chi connectivity index (χ1v) is 9.14. The third-order valence-corrected chi connectivity index (χ3v) is 4.71. The Bertz CT molecular complexity index is 1100. The van der Waals surface area contributed by atoms with Gasteiger partial charge in [0.15, 0.2) is 5.76 Å². The number of aryl methyl sites for hydroxylation is 1. The third kappa shape index (κ3) is 3.85. The van der Waals surface area contributed by atoms with E-state index in [9.17, 15) is 9.18 Å². The molecule has 0 fully saturated rings. The molecule has 1 heterocycles. The molecular weight excluding hydrogens is 371 g/mol. The number of hydrogen-bond donors (Lipinski definition) is 0. The second-order valence-electron chi connectivity index (χ2n) is 6.71. The van der Waals surface area contributed by atoms with E-state index in [4.69, 9.17) is 14.2 Å². The van der Waals surface area contributed by atoms with Gasteiger partial charge in [-0.3, -0.25) is 4.79 Å². The van der Waals surface area contributed by atoms with E-state index in [0.717, 1.165) is 16.9 Å². The van der Waals surface area contributed by atoms with E-state index in [2.05, 4.69) is 0 Å². The van der Waals surface area contributed by atoms with Crippen LogP contribution < -0.4 is 14.2 Å². The van der Waals surface area contributed by atoms with E-state index in [1.54, 1.807) is 43.5 Å². The number of ketones is 1. The van der Waals surface area contributed by atoms with Gasteiger partial charge in [-0.05, 0) is 48.4 Å². The van der Waals surface area contributed by atoms with Crippen molar-refractivity contribution < 1.29 is 23.4 Å². The van der Waals surface area contributed by atoms with Crippen LogP contribution >= 0.6 is 0 Å². The summed E-state index contributed by atoms with van der Waals surface area (Å²) in [5.41, 5.74) is 2.55. The van der Waals surface area contributed by atoms with Crippen LogP contribution in [-0.4, -0.2) is 12.9 Å². The van der Waals surface area contributed by atoms with Crippen LogP contribution in [0.5, 0.6) is 17.2 Å².